The van der Waals surface area contributed by atoms with Gasteiger partial charge in [0.15, 0.2) is 6.61 Å². The number of rotatable bonds is 7. The van der Waals surface area contributed by atoms with E-state index in [1.807, 2.05) is 31.2 Å². The van der Waals surface area contributed by atoms with Gasteiger partial charge in [0, 0.05) is 10.5 Å². The smallest absolute Gasteiger partial charge is 0.273 e. The summed E-state index contributed by atoms with van der Waals surface area (Å²) in [5, 5.41) is 13.6. The fourth-order valence-electron chi connectivity index (χ4n) is 2.19. The van der Waals surface area contributed by atoms with Crippen LogP contribution in [-0.2, 0) is 4.79 Å². The second-order valence-electron chi connectivity index (χ2n) is 5.12. The first kappa shape index (κ1) is 17.9. The summed E-state index contributed by atoms with van der Waals surface area (Å²) in [5.41, 5.74) is 0.929. The SMILES string of the molecule is CC[C@@H](NC(=O)COc1cccc([N+](=O)[O-])c1)c1ccc(Br)cc1. The molecule has 6 nitrogen and oxygen atoms in total. The van der Waals surface area contributed by atoms with E-state index in [1.54, 1.807) is 6.07 Å². The number of nitro groups is 1. The van der Waals surface area contributed by atoms with Gasteiger partial charge >= 0.3 is 0 Å². The first-order valence-electron chi connectivity index (χ1n) is 7.41. The Hall–Kier alpha value is -2.41. The van der Waals surface area contributed by atoms with Crippen LogP contribution in [0.2, 0.25) is 0 Å². The first-order chi connectivity index (χ1) is 11.5. The number of nitrogens with one attached hydrogen (secondary N) is 1. The average Bonchev–Trinajstić information content (AvgIpc) is 2.59. The minimum absolute atomic E-state index is 0.0748. The van der Waals surface area contributed by atoms with Gasteiger partial charge in [0.1, 0.15) is 5.75 Å². The van der Waals surface area contributed by atoms with Crippen molar-refractivity contribution in [2.75, 3.05) is 6.61 Å². The molecule has 0 saturated carbocycles. The van der Waals surface area contributed by atoms with Gasteiger partial charge in [-0.2, -0.15) is 0 Å². The van der Waals surface area contributed by atoms with Crippen molar-refractivity contribution >= 4 is 27.5 Å². The molecule has 0 radical (unpaired) electrons. The lowest BCUT2D eigenvalue weighted by Crippen LogP contribution is -2.32. The van der Waals surface area contributed by atoms with E-state index in [4.69, 9.17) is 4.74 Å². The molecule has 0 saturated heterocycles. The molecule has 0 spiro atoms. The molecule has 1 amide bonds. The van der Waals surface area contributed by atoms with E-state index in [2.05, 4.69) is 21.2 Å². The number of halogens is 1. The minimum atomic E-state index is -0.506. The van der Waals surface area contributed by atoms with E-state index < -0.39 is 4.92 Å². The molecule has 0 aliphatic rings. The van der Waals surface area contributed by atoms with Crippen LogP contribution in [0, 0.1) is 10.1 Å². The summed E-state index contributed by atoms with van der Waals surface area (Å²) >= 11 is 3.38. The van der Waals surface area contributed by atoms with Gasteiger partial charge in [0.25, 0.3) is 11.6 Å². The predicted molar refractivity (Wildman–Crippen MR) is 93.9 cm³/mol. The molecule has 126 valence electrons. The topological polar surface area (TPSA) is 81.5 Å². The molecule has 2 aromatic carbocycles. The third-order valence-corrected chi connectivity index (χ3v) is 3.94. The van der Waals surface area contributed by atoms with Crippen molar-refractivity contribution in [2.24, 2.45) is 0 Å². The van der Waals surface area contributed by atoms with E-state index in [9.17, 15) is 14.9 Å². The van der Waals surface area contributed by atoms with Crippen LogP contribution in [0.3, 0.4) is 0 Å². The summed E-state index contributed by atoms with van der Waals surface area (Å²) in [6.07, 6.45) is 0.740. The Balaban J connectivity index is 1.93. The zero-order chi connectivity index (χ0) is 17.5. The molecule has 0 aromatic heterocycles. The number of amides is 1. The van der Waals surface area contributed by atoms with Crippen molar-refractivity contribution in [1.29, 1.82) is 0 Å². The molecule has 0 unspecified atom stereocenters. The lowest BCUT2D eigenvalue weighted by molar-refractivity contribution is -0.384. The van der Waals surface area contributed by atoms with Crippen molar-refractivity contribution in [3.05, 3.63) is 68.7 Å². The zero-order valence-corrected chi connectivity index (χ0v) is 14.7. The Morgan fingerprint density at radius 1 is 1.29 bits per heavy atom. The quantitative estimate of drug-likeness (QED) is 0.570. The Kier molecular flexibility index (Phi) is 6.31. The Morgan fingerprint density at radius 3 is 2.62 bits per heavy atom. The summed E-state index contributed by atoms with van der Waals surface area (Å²) in [4.78, 5) is 22.3. The zero-order valence-electron chi connectivity index (χ0n) is 13.1. The lowest BCUT2D eigenvalue weighted by atomic mass is 10.0. The maximum absolute atomic E-state index is 12.1. The molecule has 0 aliphatic heterocycles. The van der Waals surface area contributed by atoms with Gasteiger partial charge in [-0.05, 0) is 30.2 Å². The van der Waals surface area contributed by atoms with Crippen LogP contribution in [0.25, 0.3) is 0 Å². The fourth-order valence-corrected chi connectivity index (χ4v) is 2.45. The number of ether oxygens (including phenoxy) is 1. The molecule has 1 atom stereocenters. The van der Waals surface area contributed by atoms with Gasteiger partial charge in [0.05, 0.1) is 17.0 Å². The van der Waals surface area contributed by atoms with Crippen molar-refractivity contribution in [3.8, 4) is 5.75 Å². The third-order valence-electron chi connectivity index (χ3n) is 3.41. The van der Waals surface area contributed by atoms with E-state index in [0.717, 1.165) is 16.5 Å². The average molecular weight is 393 g/mol. The van der Waals surface area contributed by atoms with Gasteiger partial charge in [0.2, 0.25) is 0 Å². The highest BCUT2D eigenvalue weighted by atomic mass is 79.9. The van der Waals surface area contributed by atoms with Gasteiger partial charge in [-0.3, -0.25) is 14.9 Å². The van der Waals surface area contributed by atoms with Crippen LogP contribution in [-0.4, -0.2) is 17.4 Å². The van der Waals surface area contributed by atoms with E-state index in [-0.39, 0.29) is 30.0 Å². The third kappa shape index (κ3) is 5.06. The number of hydrogen-bond donors (Lipinski definition) is 1. The molecule has 24 heavy (non-hydrogen) atoms. The highest BCUT2D eigenvalue weighted by Gasteiger charge is 2.14. The van der Waals surface area contributed by atoms with Crippen molar-refractivity contribution in [1.82, 2.24) is 5.32 Å². The predicted octanol–water partition coefficient (Wildman–Crippen LogP) is 4.00. The molecule has 7 heteroatoms. The van der Waals surface area contributed by atoms with E-state index in [1.165, 1.54) is 18.2 Å². The summed E-state index contributed by atoms with van der Waals surface area (Å²) in [7, 11) is 0. The lowest BCUT2D eigenvalue weighted by Gasteiger charge is -2.17. The highest BCUT2D eigenvalue weighted by Crippen LogP contribution is 2.20. The van der Waals surface area contributed by atoms with E-state index >= 15 is 0 Å². The molecule has 0 aliphatic carbocycles. The van der Waals surface area contributed by atoms with Crippen LogP contribution in [0.1, 0.15) is 24.9 Å². The highest BCUT2D eigenvalue weighted by molar-refractivity contribution is 9.10. The van der Waals surface area contributed by atoms with E-state index in [0.29, 0.717) is 0 Å². The van der Waals surface area contributed by atoms with Crippen molar-refractivity contribution in [2.45, 2.75) is 19.4 Å². The molecule has 0 heterocycles. The summed E-state index contributed by atoms with van der Waals surface area (Å²) in [6.45, 7) is 1.78. The Morgan fingerprint density at radius 2 is 2.00 bits per heavy atom. The second-order valence-corrected chi connectivity index (χ2v) is 6.04. The Labute approximate surface area is 148 Å². The summed E-state index contributed by atoms with van der Waals surface area (Å²) < 4.78 is 6.31. The number of nitrogens with zero attached hydrogens (tertiary/aromatic N) is 1. The summed E-state index contributed by atoms with van der Waals surface area (Å²) in [5.74, 6) is 0.00677. The molecule has 0 bridgehead atoms. The second kappa shape index (κ2) is 8.44. The molecular formula is C17H17BrN2O4. The number of carbonyl (C=O) groups excluding carboxylic acids is 1. The van der Waals surface area contributed by atoms with Crippen LogP contribution in [0.4, 0.5) is 5.69 Å². The number of hydrogen-bond acceptors (Lipinski definition) is 4. The number of nitro benzene ring substituents is 1. The summed E-state index contributed by atoms with van der Waals surface area (Å²) in [6, 6.07) is 13.4. The van der Waals surface area contributed by atoms with Crippen molar-refractivity contribution < 1.29 is 14.5 Å². The Bertz CT molecular complexity index is 719. The molecule has 2 aromatic rings. The fraction of sp³-hybridized carbons (Fsp3) is 0.235. The van der Waals surface area contributed by atoms with Gasteiger partial charge in [-0.15, -0.1) is 0 Å². The van der Waals surface area contributed by atoms with Crippen LogP contribution in [0.15, 0.2) is 53.0 Å². The van der Waals surface area contributed by atoms with Gasteiger partial charge < -0.3 is 10.1 Å². The van der Waals surface area contributed by atoms with Crippen LogP contribution >= 0.6 is 15.9 Å². The van der Waals surface area contributed by atoms with Crippen molar-refractivity contribution in [3.63, 3.8) is 0 Å². The van der Waals surface area contributed by atoms with Gasteiger partial charge in [-0.25, -0.2) is 0 Å². The molecule has 0 fully saturated rings. The van der Waals surface area contributed by atoms with Gasteiger partial charge in [-0.1, -0.05) is 41.1 Å². The molecule has 1 N–H and O–H groups in total. The largest absolute Gasteiger partial charge is 0.484 e. The number of benzene rings is 2. The maximum atomic E-state index is 12.1. The normalized spacial score (nSPS) is 11.6. The minimum Gasteiger partial charge on any atom is -0.484 e. The monoisotopic (exact) mass is 392 g/mol. The molecular weight excluding hydrogens is 376 g/mol. The maximum Gasteiger partial charge on any atom is 0.273 e. The first-order valence-corrected chi connectivity index (χ1v) is 8.21. The van der Waals surface area contributed by atoms with Crippen LogP contribution in [0.5, 0.6) is 5.75 Å². The standard InChI is InChI=1S/C17H17BrN2O4/c1-2-16(12-6-8-13(18)9-7-12)19-17(21)11-24-15-5-3-4-14(10-15)20(22)23/h3-10,16H,2,11H2,1H3,(H,19,21)/t16-/m1/s1. The number of non-ortho nitro benzene ring substituents is 1. The molecule has 2 rings (SSSR count). The van der Waals surface area contributed by atoms with Crippen LogP contribution < -0.4 is 10.1 Å². The number of carbonyl (C=O) groups is 1.